The Labute approximate surface area is 713 Å². The van der Waals surface area contributed by atoms with E-state index in [1.165, 1.54) is 58.3 Å². The van der Waals surface area contributed by atoms with E-state index in [9.17, 15) is 87.9 Å². The molecule has 0 saturated carbocycles. The zero-order valence-electron chi connectivity index (χ0n) is 70.8. The van der Waals surface area contributed by atoms with Crippen molar-refractivity contribution in [2.75, 3.05) is 32.7 Å². The molecule has 684 valence electrons. The molecule has 0 aliphatic carbocycles. The van der Waals surface area contributed by atoms with E-state index in [-0.39, 0.29) is 171 Å². The predicted octanol–water partition coefficient (Wildman–Crippen LogP) is -3.93. The number of phenolic OH excluding ortho intramolecular Hbond substituents is 2. The predicted molar refractivity (Wildman–Crippen MR) is 447 cm³/mol. The van der Waals surface area contributed by atoms with Gasteiger partial charge in [-0.3, -0.25) is 87.2 Å². The van der Waals surface area contributed by atoms with Gasteiger partial charge in [-0.1, -0.05) is 72.2 Å². The Morgan fingerprint density at radius 1 is 0.472 bits per heavy atom. The maximum Gasteiger partial charge on any atom is 0.326 e. The number of aliphatic hydroxyl groups excluding tert-OH is 1. The zero-order valence-corrected chi connectivity index (χ0v) is 70.8. The number of hydrogen-bond donors (Lipinski definition) is 23. The molecule has 3 heterocycles. The normalized spacial score (nSPS) is 18.0. The molecule has 1 unspecified atom stereocenters. The Morgan fingerprint density at radius 2 is 0.862 bits per heavy atom. The topological polar surface area (TPSA) is 714 Å². The molecule has 43 nitrogen and oxygen atoms in total. The van der Waals surface area contributed by atoms with Crippen LogP contribution in [0.4, 0.5) is 0 Å². The van der Waals surface area contributed by atoms with Gasteiger partial charge in [0, 0.05) is 52.4 Å². The second-order valence-electron chi connectivity index (χ2n) is 31.8. The van der Waals surface area contributed by atoms with Crippen molar-refractivity contribution < 1.29 is 107 Å². The fourth-order valence-corrected chi connectivity index (χ4v) is 14.1. The van der Waals surface area contributed by atoms with Crippen LogP contribution in [0.1, 0.15) is 182 Å². The molecule has 2 aromatic rings. The first-order valence-corrected chi connectivity index (χ1v) is 41.4. The van der Waals surface area contributed by atoms with Crippen LogP contribution in [-0.4, -0.2) is 265 Å². The number of likely N-dealkylation sites (tertiary alicyclic amines) is 2. The van der Waals surface area contributed by atoms with Crippen LogP contribution in [0, 0.1) is 17.8 Å². The standard InChI is InChI=1S/C78H123N21O20.C2H4O2/c1-7-43(6)63(73(115)96-57(76(118)119)37-42(4)5)97-70(112)55(39-45-21-25-47(101)26-22-45)95-72(114)59-18-13-35-99(59)75(117)52(16-11-33-86-78(83)84)90-64(106)48(15-10-32-85-77(81)82)89-71(113)58-17-12-34-98(58)74(116)51(14-8-9-31-79)91-69(111)56(40-60(80)102)94-66(108)50(28-30-62(104)105)88-68(110)54(38-44-19-23-46(100)24-20-44)93-67(109)53(36-41(2)3)92-65(107)49-27-29-61(103)87-49;1-2(3)4/h19-26,41-43,48-59,61,63,87,100-101,103H,7-18,27-40,79H2,1-6H3,(H2,80,102)(H,88,110)(H,89,113)(H,90,106)(H,91,111)(H,92,107)(H,93,109)(H,94,108)(H,95,114)(H,96,115)(H,97,112)(H,104,105)(H,118,119)(H4,81,82,85)(H4,83,84,86);1H3,(H,3,4)/t43-,48-,49-,50-,51-,52-,53-,54-,55-,56-,57-,58-,59-,61?,63-;/m0./s1. The number of carbonyl (C=O) groups excluding carboxylic acids is 13. The van der Waals surface area contributed by atoms with E-state index >= 15 is 9.59 Å². The first kappa shape index (κ1) is 103. The summed E-state index contributed by atoms with van der Waals surface area (Å²) in [7, 11) is 0. The summed E-state index contributed by atoms with van der Waals surface area (Å²) in [6.45, 7) is 11.6. The van der Waals surface area contributed by atoms with Crippen LogP contribution in [0.3, 0.4) is 0 Å². The van der Waals surface area contributed by atoms with Gasteiger partial charge in [0.25, 0.3) is 5.97 Å². The number of guanidine groups is 2. The molecule has 3 aliphatic rings. The van der Waals surface area contributed by atoms with Crippen molar-refractivity contribution in [1.82, 2.24) is 68.3 Å². The van der Waals surface area contributed by atoms with Crippen LogP contribution < -0.4 is 92.9 Å². The van der Waals surface area contributed by atoms with E-state index in [1.54, 1.807) is 41.5 Å². The van der Waals surface area contributed by atoms with E-state index in [0.717, 1.165) is 6.92 Å². The minimum Gasteiger partial charge on any atom is -0.508 e. The maximum absolute atomic E-state index is 15.1. The van der Waals surface area contributed by atoms with Crippen molar-refractivity contribution in [3.8, 4) is 11.5 Å². The summed E-state index contributed by atoms with van der Waals surface area (Å²) in [4.78, 5) is 231. The largest absolute Gasteiger partial charge is 0.508 e. The highest BCUT2D eigenvalue weighted by Gasteiger charge is 2.44. The molecule has 13 amide bonds. The molecule has 43 heteroatoms. The first-order chi connectivity index (χ1) is 58.0. The number of nitrogens with zero attached hydrogens (tertiary/aromatic N) is 4. The Kier molecular flexibility index (Phi) is 44.0. The van der Waals surface area contributed by atoms with Gasteiger partial charge in [-0.25, -0.2) is 4.79 Å². The molecule has 2 aromatic carbocycles. The average Bonchev–Trinajstić information content (AvgIpc) is 1.71. The number of benzene rings is 2. The molecule has 29 N–H and O–H groups in total. The summed E-state index contributed by atoms with van der Waals surface area (Å²) in [5.74, 6) is -17.0. The third-order valence-corrected chi connectivity index (χ3v) is 20.6. The molecule has 0 spiro atoms. The van der Waals surface area contributed by atoms with Crippen molar-refractivity contribution in [1.29, 1.82) is 0 Å². The molecule has 3 fully saturated rings. The summed E-state index contributed by atoms with van der Waals surface area (Å²) < 4.78 is 0. The van der Waals surface area contributed by atoms with E-state index in [1.807, 2.05) is 0 Å². The number of nitrogens with two attached hydrogens (primary N) is 6. The molecule has 3 saturated heterocycles. The summed E-state index contributed by atoms with van der Waals surface area (Å²) in [5.41, 5.74) is 35.0. The summed E-state index contributed by atoms with van der Waals surface area (Å²) in [6.07, 6.45) is -2.04. The smallest absolute Gasteiger partial charge is 0.326 e. The van der Waals surface area contributed by atoms with Gasteiger partial charge >= 0.3 is 11.9 Å². The minimum atomic E-state index is -1.93. The number of amides is 13. The number of hydrogen-bond acceptors (Lipinski definition) is 23. The highest BCUT2D eigenvalue weighted by atomic mass is 16.4. The maximum atomic E-state index is 15.1. The molecule has 3 aliphatic heterocycles. The number of primary amides is 1. The molecule has 0 bridgehead atoms. The van der Waals surface area contributed by atoms with Crippen molar-refractivity contribution in [2.24, 2.45) is 62.1 Å². The highest BCUT2D eigenvalue weighted by molar-refractivity contribution is 6.01. The van der Waals surface area contributed by atoms with E-state index < -0.39 is 205 Å². The Hall–Kier alpha value is -12.0. The van der Waals surface area contributed by atoms with Gasteiger partial charge < -0.3 is 128 Å². The number of unbranched alkanes of at least 4 members (excludes halogenated alkanes) is 1. The van der Waals surface area contributed by atoms with Gasteiger partial charge in [0.2, 0.25) is 76.8 Å². The number of aliphatic hydroxyl groups is 1. The van der Waals surface area contributed by atoms with Crippen LogP contribution >= 0.6 is 0 Å². The molecular formula is C80H127N21O22. The quantitative estimate of drug-likeness (QED) is 0.0171. The molecule has 0 radical (unpaired) electrons. The summed E-state index contributed by atoms with van der Waals surface area (Å²) >= 11 is 0. The van der Waals surface area contributed by atoms with Crippen molar-refractivity contribution in [2.45, 2.75) is 268 Å². The van der Waals surface area contributed by atoms with E-state index in [0.29, 0.717) is 24.0 Å². The number of carbonyl (C=O) groups is 16. The number of nitrogens with one attached hydrogen (secondary N) is 11. The van der Waals surface area contributed by atoms with Crippen LogP contribution in [0.5, 0.6) is 11.5 Å². The zero-order chi connectivity index (χ0) is 91.9. The van der Waals surface area contributed by atoms with Crippen molar-refractivity contribution in [3.05, 3.63) is 59.7 Å². The second-order valence-corrected chi connectivity index (χ2v) is 31.8. The summed E-state index contributed by atoms with van der Waals surface area (Å²) in [6, 6.07) is -7.19. The second kappa shape index (κ2) is 52.3. The Bertz CT molecular complexity index is 3970. The molecule has 15 atom stereocenters. The highest BCUT2D eigenvalue weighted by Crippen LogP contribution is 2.25. The lowest BCUT2D eigenvalue weighted by molar-refractivity contribution is -0.144. The SMILES string of the molecule is CC(=O)O.CC[C@H](C)[C@H](NC(=O)[C@H](Cc1ccc(O)cc1)NC(=O)[C@@H]1CCCN1C(=O)[C@H](CCCN=C(N)N)NC(=O)[C@H](CCCN=C(N)N)NC(=O)[C@@H]1CCCN1C(=O)[C@H](CCCCN)NC(=O)[C@H](CC(N)=O)NC(=O)[C@H](CCC(=O)O)NC(=O)[C@H](Cc1ccc(O)cc1)NC(=O)[C@H](CC(C)C)NC(=O)[C@@H]1CCC(O)N1)C(=O)N[C@@H](CC(C)C)C(=O)O. The number of aliphatic imine (C=N–C) groups is 2. The van der Waals surface area contributed by atoms with Gasteiger partial charge in [-0.05, 0) is 162 Å². The Morgan fingerprint density at radius 3 is 1.30 bits per heavy atom. The lowest BCUT2D eigenvalue weighted by Gasteiger charge is -2.32. The fraction of sp³-hybridized carbons (Fsp3) is 0.625. The van der Waals surface area contributed by atoms with Crippen LogP contribution in [0.2, 0.25) is 0 Å². The van der Waals surface area contributed by atoms with Crippen LogP contribution in [-0.2, 0) is 89.6 Å². The third kappa shape index (κ3) is 36.7. The molecule has 5 rings (SSSR count). The number of carboxylic acid groups (broad SMARTS) is 3. The van der Waals surface area contributed by atoms with Gasteiger partial charge in [0.05, 0.1) is 12.5 Å². The first-order valence-electron chi connectivity index (χ1n) is 41.4. The van der Waals surface area contributed by atoms with Crippen LogP contribution in [0.15, 0.2) is 58.5 Å². The van der Waals surface area contributed by atoms with Crippen molar-refractivity contribution in [3.63, 3.8) is 0 Å². The third-order valence-electron chi connectivity index (χ3n) is 20.6. The molecular weight excluding hydrogens is 1610 g/mol. The van der Waals surface area contributed by atoms with Crippen molar-refractivity contribution >= 4 is 107 Å². The molecule has 123 heavy (non-hydrogen) atoms. The monoisotopic (exact) mass is 1730 g/mol. The van der Waals surface area contributed by atoms with Gasteiger partial charge in [0.15, 0.2) is 11.9 Å². The molecule has 0 aromatic heterocycles. The number of phenols is 2. The number of aliphatic carboxylic acids is 3. The average molecular weight is 1740 g/mol. The van der Waals surface area contributed by atoms with Crippen LogP contribution in [0.25, 0.3) is 0 Å². The van der Waals surface area contributed by atoms with E-state index in [4.69, 9.17) is 44.3 Å². The number of rotatable bonds is 50. The fourth-order valence-electron chi connectivity index (χ4n) is 14.1. The summed E-state index contributed by atoms with van der Waals surface area (Å²) in [5, 5.41) is 86.4. The van der Waals surface area contributed by atoms with Gasteiger partial charge in [0.1, 0.15) is 90.2 Å². The minimum absolute atomic E-state index is 0.00681. The Balaban J connectivity index is 0.00000776. The van der Waals surface area contributed by atoms with Gasteiger partial charge in [-0.15, -0.1) is 0 Å². The number of aromatic hydroxyl groups is 2. The van der Waals surface area contributed by atoms with Gasteiger partial charge in [-0.2, -0.15) is 0 Å². The van der Waals surface area contributed by atoms with E-state index in [2.05, 4.69) is 68.5 Å². The number of carboxylic acids is 3. The lowest BCUT2D eigenvalue weighted by Crippen LogP contribution is -2.61. The lowest BCUT2D eigenvalue weighted by atomic mass is 9.96.